The number of aromatic nitrogens is 1. The zero-order valence-electron chi connectivity index (χ0n) is 9.87. The fourth-order valence-electron chi connectivity index (χ4n) is 2.10. The maximum Gasteiger partial charge on any atom is 0.334 e. The Morgan fingerprint density at radius 1 is 1.33 bits per heavy atom. The van der Waals surface area contributed by atoms with Crippen LogP contribution in [0.15, 0.2) is 24.3 Å². The summed E-state index contributed by atoms with van der Waals surface area (Å²) < 4.78 is 1.15. The number of hydrogen-bond donors (Lipinski definition) is 1. The van der Waals surface area contributed by atoms with Gasteiger partial charge in [0.1, 0.15) is 5.01 Å². The average molecular weight is 262 g/mol. The first kappa shape index (κ1) is 11.4. The predicted molar refractivity (Wildman–Crippen MR) is 70.9 cm³/mol. The molecule has 0 radical (unpaired) electrons. The van der Waals surface area contributed by atoms with Crippen LogP contribution < -0.4 is 5.84 Å². The molecule has 0 spiro atoms. The molecule has 5 nitrogen and oxygen atoms in total. The molecule has 0 bridgehead atoms. The van der Waals surface area contributed by atoms with Gasteiger partial charge in [-0.3, -0.25) is 5.01 Å². The van der Waals surface area contributed by atoms with Gasteiger partial charge in [0.05, 0.1) is 16.8 Å². The van der Waals surface area contributed by atoms with Gasteiger partial charge in [-0.2, -0.15) is 0 Å². The van der Waals surface area contributed by atoms with Crippen LogP contribution in [0.1, 0.15) is 11.4 Å². The van der Waals surface area contributed by atoms with Crippen LogP contribution in [-0.4, -0.2) is 34.0 Å². The minimum Gasteiger partial charge on any atom is -0.317 e. The first-order valence-electron chi connectivity index (χ1n) is 5.89. The van der Waals surface area contributed by atoms with E-state index in [-0.39, 0.29) is 6.03 Å². The van der Waals surface area contributed by atoms with Crippen molar-refractivity contribution in [1.29, 1.82) is 0 Å². The molecule has 0 aliphatic carbocycles. The second-order valence-electron chi connectivity index (χ2n) is 4.33. The van der Waals surface area contributed by atoms with Crippen molar-refractivity contribution in [3.05, 3.63) is 29.3 Å². The van der Waals surface area contributed by atoms with Gasteiger partial charge in [0.15, 0.2) is 0 Å². The van der Waals surface area contributed by atoms with Crippen LogP contribution in [0.3, 0.4) is 0 Å². The van der Waals surface area contributed by atoms with E-state index in [2.05, 4.69) is 4.98 Å². The summed E-state index contributed by atoms with van der Waals surface area (Å²) in [5.74, 6) is 5.62. The fourth-order valence-corrected chi connectivity index (χ4v) is 3.09. The smallest absolute Gasteiger partial charge is 0.317 e. The van der Waals surface area contributed by atoms with Gasteiger partial charge in [0.2, 0.25) is 0 Å². The van der Waals surface area contributed by atoms with Crippen molar-refractivity contribution < 1.29 is 4.79 Å². The Bertz CT molecular complexity index is 549. The van der Waals surface area contributed by atoms with Gasteiger partial charge in [-0.1, -0.05) is 12.1 Å². The third kappa shape index (κ3) is 2.04. The number of hydrazine groups is 1. The number of nitrogens with zero attached hydrogens (tertiary/aromatic N) is 3. The van der Waals surface area contributed by atoms with E-state index >= 15 is 0 Å². The number of thiazole rings is 1. The van der Waals surface area contributed by atoms with Gasteiger partial charge in [0.25, 0.3) is 0 Å². The lowest BCUT2D eigenvalue weighted by atomic mass is 10.3. The molecule has 3 rings (SSSR count). The van der Waals surface area contributed by atoms with Crippen LogP contribution >= 0.6 is 11.3 Å². The van der Waals surface area contributed by atoms with Crippen molar-refractivity contribution in [1.82, 2.24) is 14.9 Å². The van der Waals surface area contributed by atoms with E-state index in [0.717, 1.165) is 28.2 Å². The van der Waals surface area contributed by atoms with Gasteiger partial charge >= 0.3 is 6.03 Å². The zero-order chi connectivity index (χ0) is 12.5. The normalized spacial score (nSPS) is 16.6. The summed E-state index contributed by atoms with van der Waals surface area (Å²) in [6.45, 7) is 1.93. The second kappa shape index (κ2) is 4.55. The van der Waals surface area contributed by atoms with Crippen molar-refractivity contribution in [3.63, 3.8) is 0 Å². The van der Waals surface area contributed by atoms with Crippen LogP contribution in [0.2, 0.25) is 0 Å². The number of hydrogen-bond acceptors (Lipinski definition) is 4. The van der Waals surface area contributed by atoms with Gasteiger partial charge in [0, 0.05) is 13.1 Å². The third-order valence-corrected chi connectivity index (χ3v) is 4.03. The zero-order valence-corrected chi connectivity index (χ0v) is 10.7. The minimum absolute atomic E-state index is 0.111. The highest BCUT2D eigenvalue weighted by atomic mass is 32.1. The Hall–Kier alpha value is -1.66. The molecule has 2 N–H and O–H groups in total. The summed E-state index contributed by atoms with van der Waals surface area (Å²) in [6, 6.07) is 7.89. The SMILES string of the molecule is NN1CCCN(Cc2nc3ccccc3s2)C1=O. The number of para-hydroxylation sites is 1. The molecule has 1 aromatic heterocycles. The molecule has 0 atom stereocenters. The lowest BCUT2D eigenvalue weighted by molar-refractivity contribution is 0.127. The van der Waals surface area contributed by atoms with Crippen molar-refractivity contribution in [3.8, 4) is 0 Å². The number of urea groups is 1. The third-order valence-electron chi connectivity index (χ3n) is 3.01. The van der Waals surface area contributed by atoms with Gasteiger partial charge in [-0.05, 0) is 18.6 Å². The summed E-state index contributed by atoms with van der Waals surface area (Å²) in [5.41, 5.74) is 0.992. The summed E-state index contributed by atoms with van der Waals surface area (Å²) in [4.78, 5) is 18.1. The van der Waals surface area contributed by atoms with Crippen LogP contribution in [0.5, 0.6) is 0 Å². The number of carbonyl (C=O) groups excluding carboxylic acids is 1. The number of amides is 2. The van der Waals surface area contributed by atoms with Gasteiger partial charge in [-0.15, -0.1) is 11.3 Å². The monoisotopic (exact) mass is 262 g/mol. The van der Waals surface area contributed by atoms with E-state index in [0.29, 0.717) is 13.1 Å². The first-order valence-corrected chi connectivity index (χ1v) is 6.71. The molecular formula is C12H14N4OS. The van der Waals surface area contributed by atoms with Gasteiger partial charge < -0.3 is 4.90 Å². The molecule has 1 saturated heterocycles. The summed E-state index contributed by atoms with van der Waals surface area (Å²) in [5, 5.41) is 2.23. The second-order valence-corrected chi connectivity index (χ2v) is 5.44. The highest BCUT2D eigenvalue weighted by Gasteiger charge is 2.24. The Morgan fingerprint density at radius 3 is 3.00 bits per heavy atom. The van der Waals surface area contributed by atoms with E-state index in [9.17, 15) is 4.79 Å². The first-order chi connectivity index (χ1) is 8.74. The van der Waals surface area contributed by atoms with Gasteiger partial charge in [-0.25, -0.2) is 15.6 Å². The maximum atomic E-state index is 11.8. The summed E-state index contributed by atoms with van der Waals surface area (Å²) in [6.07, 6.45) is 0.910. The molecule has 1 aliphatic rings. The summed E-state index contributed by atoms with van der Waals surface area (Å²) in [7, 11) is 0. The highest BCUT2D eigenvalue weighted by molar-refractivity contribution is 7.18. The quantitative estimate of drug-likeness (QED) is 0.663. The van der Waals surface area contributed by atoms with Crippen LogP contribution in [0, 0.1) is 0 Å². The van der Waals surface area contributed by atoms with Crippen LogP contribution in [0.25, 0.3) is 10.2 Å². The molecule has 18 heavy (non-hydrogen) atoms. The number of rotatable bonds is 2. The Morgan fingerprint density at radius 2 is 2.17 bits per heavy atom. The lowest BCUT2D eigenvalue weighted by Crippen LogP contribution is -2.51. The molecule has 1 aromatic carbocycles. The van der Waals surface area contributed by atoms with Crippen molar-refractivity contribution in [2.24, 2.45) is 5.84 Å². The maximum absolute atomic E-state index is 11.8. The van der Waals surface area contributed by atoms with E-state index in [4.69, 9.17) is 5.84 Å². The predicted octanol–water partition coefficient (Wildman–Crippen LogP) is 1.80. The number of nitrogens with two attached hydrogens (primary N) is 1. The standard InChI is InChI=1S/C12H14N4OS/c13-16-7-3-6-15(12(16)17)8-11-14-9-4-1-2-5-10(9)18-11/h1-2,4-5H,3,6-8,13H2. The van der Waals surface area contributed by atoms with Crippen molar-refractivity contribution in [2.45, 2.75) is 13.0 Å². The highest BCUT2D eigenvalue weighted by Crippen LogP contribution is 2.23. The molecule has 6 heteroatoms. The fraction of sp³-hybridized carbons (Fsp3) is 0.333. The van der Waals surface area contributed by atoms with E-state index in [1.54, 1.807) is 16.2 Å². The largest absolute Gasteiger partial charge is 0.334 e. The van der Waals surface area contributed by atoms with E-state index < -0.39 is 0 Å². The minimum atomic E-state index is -0.111. The molecule has 1 aliphatic heterocycles. The van der Waals surface area contributed by atoms with Crippen molar-refractivity contribution >= 4 is 27.6 Å². The summed E-state index contributed by atoms with van der Waals surface area (Å²) >= 11 is 1.63. The Balaban J connectivity index is 1.81. The van der Waals surface area contributed by atoms with Crippen LogP contribution in [-0.2, 0) is 6.54 Å². The number of carbonyl (C=O) groups is 1. The molecule has 0 unspecified atom stereocenters. The Labute approximate surface area is 109 Å². The van der Waals surface area contributed by atoms with E-state index in [1.807, 2.05) is 24.3 Å². The molecule has 94 valence electrons. The number of benzene rings is 1. The molecule has 2 heterocycles. The molecule has 2 aromatic rings. The van der Waals surface area contributed by atoms with E-state index in [1.165, 1.54) is 5.01 Å². The topological polar surface area (TPSA) is 62.5 Å². The Kier molecular flexibility index (Phi) is 2.89. The molecular weight excluding hydrogens is 248 g/mol. The lowest BCUT2D eigenvalue weighted by Gasteiger charge is -2.32. The van der Waals surface area contributed by atoms with Crippen LogP contribution in [0.4, 0.5) is 4.79 Å². The van der Waals surface area contributed by atoms with Crippen molar-refractivity contribution in [2.75, 3.05) is 13.1 Å². The molecule has 1 fully saturated rings. The number of fused-ring (bicyclic) bond motifs is 1. The molecule has 0 saturated carbocycles. The molecule has 2 amide bonds. The average Bonchev–Trinajstić information content (AvgIpc) is 2.77.